The number of carbonyl (C=O) groups is 1. The number of nitrogens with one attached hydrogen (secondary N) is 2. The highest BCUT2D eigenvalue weighted by molar-refractivity contribution is 5.75. The van der Waals surface area contributed by atoms with Gasteiger partial charge in [0.25, 0.3) is 0 Å². The third-order valence-electron chi connectivity index (χ3n) is 5.84. The van der Waals surface area contributed by atoms with E-state index in [0.717, 1.165) is 25.3 Å². The van der Waals surface area contributed by atoms with Gasteiger partial charge in [0.2, 0.25) is 0 Å². The van der Waals surface area contributed by atoms with Gasteiger partial charge in [-0.05, 0) is 43.2 Å². The first kappa shape index (κ1) is 14.8. The number of amides is 2. The SMILES string of the molecule is O=C(NC1CCN(c2ccccn2)C1)NC1CC12CCCCC2. The van der Waals surface area contributed by atoms with E-state index in [1.54, 1.807) is 0 Å². The number of rotatable bonds is 3. The smallest absolute Gasteiger partial charge is 0.315 e. The molecule has 2 saturated carbocycles. The molecule has 1 aromatic rings. The Morgan fingerprint density at radius 3 is 2.87 bits per heavy atom. The Morgan fingerprint density at radius 1 is 1.22 bits per heavy atom. The fourth-order valence-corrected chi connectivity index (χ4v) is 4.37. The number of anilines is 1. The summed E-state index contributed by atoms with van der Waals surface area (Å²) in [4.78, 5) is 18.9. The average Bonchev–Trinajstić information content (AvgIpc) is 3.01. The fraction of sp³-hybridized carbons (Fsp3) is 0.667. The highest BCUT2D eigenvalue weighted by Crippen LogP contribution is 2.56. The van der Waals surface area contributed by atoms with Gasteiger partial charge in [0, 0.05) is 31.4 Å². The number of hydrogen-bond acceptors (Lipinski definition) is 3. The van der Waals surface area contributed by atoms with E-state index in [0.29, 0.717) is 11.5 Å². The van der Waals surface area contributed by atoms with Crippen LogP contribution in [0, 0.1) is 5.41 Å². The summed E-state index contributed by atoms with van der Waals surface area (Å²) in [6.07, 6.45) is 10.6. The summed E-state index contributed by atoms with van der Waals surface area (Å²) in [5.41, 5.74) is 0.450. The lowest BCUT2D eigenvalue weighted by molar-refractivity contribution is 0.233. The van der Waals surface area contributed by atoms with Crippen LogP contribution in [0.3, 0.4) is 0 Å². The molecule has 2 heterocycles. The fourth-order valence-electron chi connectivity index (χ4n) is 4.37. The summed E-state index contributed by atoms with van der Waals surface area (Å²) in [5.74, 6) is 1.00. The summed E-state index contributed by atoms with van der Waals surface area (Å²) >= 11 is 0. The molecule has 23 heavy (non-hydrogen) atoms. The second kappa shape index (κ2) is 6.02. The average molecular weight is 314 g/mol. The zero-order valence-electron chi connectivity index (χ0n) is 13.6. The van der Waals surface area contributed by atoms with Gasteiger partial charge in [0.1, 0.15) is 5.82 Å². The Balaban J connectivity index is 1.24. The van der Waals surface area contributed by atoms with Gasteiger partial charge in [-0.2, -0.15) is 0 Å². The van der Waals surface area contributed by atoms with Gasteiger partial charge >= 0.3 is 6.03 Å². The first-order valence-electron chi connectivity index (χ1n) is 8.98. The van der Waals surface area contributed by atoms with Gasteiger partial charge in [-0.15, -0.1) is 0 Å². The lowest BCUT2D eigenvalue weighted by atomic mass is 9.86. The molecule has 2 N–H and O–H groups in total. The Morgan fingerprint density at radius 2 is 2.09 bits per heavy atom. The molecule has 0 bridgehead atoms. The summed E-state index contributed by atoms with van der Waals surface area (Å²) in [6.45, 7) is 1.80. The normalized spacial score (nSPS) is 28.6. The number of pyridine rings is 1. The van der Waals surface area contributed by atoms with Crippen molar-refractivity contribution in [2.75, 3.05) is 18.0 Å². The van der Waals surface area contributed by atoms with Crippen LogP contribution in [0.1, 0.15) is 44.9 Å². The third kappa shape index (κ3) is 3.14. The molecular weight excluding hydrogens is 288 g/mol. The Kier molecular flexibility index (Phi) is 3.87. The summed E-state index contributed by atoms with van der Waals surface area (Å²) in [6, 6.07) is 6.62. The molecule has 0 radical (unpaired) electrons. The maximum atomic E-state index is 12.3. The molecule has 3 aliphatic rings. The Labute approximate surface area is 137 Å². The lowest BCUT2D eigenvalue weighted by Gasteiger charge is -2.23. The molecule has 124 valence electrons. The van der Waals surface area contributed by atoms with Crippen LogP contribution in [-0.2, 0) is 0 Å². The van der Waals surface area contributed by atoms with E-state index in [1.165, 1.54) is 38.5 Å². The quantitative estimate of drug-likeness (QED) is 0.902. The van der Waals surface area contributed by atoms with E-state index in [1.807, 2.05) is 24.4 Å². The molecule has 1 spiro atoms. The molecule has 2 unspecified atom stereocenters. The van der Waals surface area contributed by atoms with Gasteiger partial charge in [-0.3, -0.25) is 0 Å². The van der Waals surface area contributed by atoms with E-state index in [-0.39, 0.29) is 12.1 Å². The molecule has 2 amide bonds. The molecule has 5 nitrogen and oxygen atoms in total. The van der Waals surface area contributed by atoms with Crippen LogP contribution in [0.5, 0.6) is 0 Å². The monoisotopic (exact) mass is 314 g/mol. The van der Waals surface area contributed by atoms with Crippen molar-refractivity contribution in [2.45, 2.75) is 57.0 Å². The van der Waals surface area contributed by atoms with Crippen LogP contribution >= 0.6 is 0 Å². The van der Waals surface area contributed by atoms with Crippen molar-refractivity contribution in [1.29, 1.82) is 0 Å². The van der Waals surface area contributed by atoms with Crippen LogP contribution in [0.4, 0.5) is 10.6 Å². The van der Waals surface area contributed by atoms with Crippen LogP contribution in [0.25, 0.3) is 0 Å². The molecule has 0 aromatic carbocycles. The summed E-state index contributed by atoms with van der Waals surface area (Å²) in [5, 5.41) is 6.36. The molecule has 3 fully saturated rings. The van der Waals surface area contributed by atoms with Crippen molar-refractivity contribution in [1.82, 2.24) is 15.6 Å². The zero-order chi connectivity index (χ0) is 15.7. The topological polar surface area (TPSA) is 57.3 Å². The van der Waals surface area contributed by atoms with Crippen molar-refractivity contribution in [2.24, 2.45) is 5.41 Å². The molecule has 1 aliphatic heterocycles. The minimum Gasteiger partial charge on any atom is -0.354 e. The van der Waals surface area contributed by atoms with Crippen molar-refractivity contribution >= 4 is 11.8 Å². The largest absolute Gasteiger partial charge is 0.354 e. The van der Waals surface area contributed by atoms with Crippen LogP contribution in [0.2, 0.25) is 0 Å². The third-order valence-corrected chi connectivity index (χ3v) is 5.84. The highest BCUT2D eigenvalue weighted by atomic mass is 16.2. The minimum atomic E-state index is 0.0188. The number of nitrogens with zero attached hydrogens (tertiary/aromatic N) is 2. The standard InChI is InChI=1S/C18H26N4O/c23-17(21-15-12-18(15)8-3-1-4-9-18)20-14-7-11-22(13-14)16-6-2-5-10-19-16/h2,5-6,10,14-15H,1,3-4,7-9,11-13H2,(H2,20,21,23). The zero-order valence-corrected chi connectivity index (χ0v) is 13.6. The number of hydrogen-bond donors (Lipinski definition) is 2. The highest BCUT2D eigenvalue weighted by Gasteiger charge is 2.54. The van der Waals surface area contributed by atoms with Gasteiger partial charge < -0.3 is 15.5 Å². The predicted molar refractivity (Wildman–Crippen MR) is 90.4 cm³/mol. The second-order valence-electron chi connectivity index (χ2n) is 7.42. The maximum Gasteiger partial charge on any atom is 0.315 e. The number of carbonyl (C=O) groups excluding carboxylic acids is 1. The molecule has 5 heteroatoms. The van der Waals surface area contributed by atoms with Crippen molar-refractivity contribution in [3.63, 3.8) is 0 Å². The molecule has 2 aliphatic carbocycles. The Bertz CT molecular complexity index is 555. The first-order valence-corrected chi connectivity index (χ1v) is 8.98. The molecule has 1 aromatic heterocycles. The van der Waals surface area contributed by atoms with Crippen molar-refractivity contribution in [3.8, 4) is 0 Å². The lowest BCUT2D eigenvalue weighted by Crippen LogP contribution is -2.45. The van der Waals surface area contributed by atoms with E-state index in [2.05, 4.69) is 20.5 Å². The molecule has 2 atom stereocenters. The molecule has 4 rings (SSSR count). The van der Waals surface area contributed by atoms with Crippen molar-refractivity contribution < 1.29 is 4.79 Å². The second-order valence-corrected chi connectivity index (χ2v) is 7.42. The van der Waals surface area contributed by atoms with Gasteiger partial charge in [-0.25, -0.2) is 9.78 Å². The van der Waals surface area contributed by atoms with E-state index < -0.39 is 0 Å². The minimum absolute atomic E-state index is 0.0188. The van der Waals surface area contributed by atoms with Gasteiger partial charge in [-0.1, -0.05) is 25.3 Å². The van der Waals surface area contributed by atoms with E-state index >= 15 is 0 Å². The van der Waals surface area contributed by atoms with Gasteiger partial charge in [0.15, 0.2) is 0 Å². The van der Waals surface area contributed by atoms with Crippen molar-refractivity contribution in [3.05, 3.63) is 24.4 Å². The van der Waals surface area contributed by atoms with Crippen LogP contribution in [-0.4, -0.2) is 36.2 Å². The Hall–Kier alpha value is -1.78. The maximum absolute atomic E-state index is 12.3. The summed E-state index contributed by atoms with van der Waals surface area (Å²) in [7, 11) is 0. The van der Waals surface area contributed by atoms with Gasteiger partial charge in [0.05, 0.1) is 0 Å². The number of urea groups is 1. The molecule has 1 saturated heterocycles. The van der Waals surface area contributed by atoms with E-state index in [9.17, 15) is 4.79 Å². The van der Waals surface area contributed by atoms with E-state index in [4.69, 9.17) is 0 Å². The van der Waals surface area contributed by atoms with Crippen LogP contribution in [0.15, 0.2) is 24.4 Å². The number of aromatic nitrogens is 1. The summed E-state index contributed by atoms with van der Waals surface area (Å²) < 4.78 is 0. The molecular formula is C18H26N4O. The predicted octanol–water partition coefficient (Wildman–Crippen LogP) is 2.68. The first-order chi connectivity index (χ1) is 11.3. The van der Waals surface area contributed by atoms with Crippen LogP contribution < -0.4 is 15.5 Å².